The normalized spacial score (nSPS) is 18.4. The standard InChI is InChI=1S/C23H21ClN4O3S/c1-13-20-22(27-31-13)21-16(24)5-4-6-17(21)28(23(20)30)15-9-8-14(11-15)26-18(29)12-32-19-7-2-3-10-25-19/h2-7,10,14-15H,8-9,11-12H2,1H3,(H,26,29). The summed E-state index contributed by atoms with van der Waals surface area (Å²) in [6.07, 6.45) is 3.98. The van der Waals surface area contributed by atoms with E-state index >= 15 is 0 Å². The maximum absolute atomic E-state index is 13.4. The Bertz CT molecular complexity index is 1370. The molecule has 0 saturated heterocycles. The largest absolute Gasteiger partial charge is 0.360 e. The van der Waals surface area contributed by atoms with Crippen LogP contribution in [0.25, 0.3) is 21.8 Å². The van der Waals surface area contributed by atoms with Gasteiger partial charge in [-0.1, -0.05) is 40.7 Å². The molecule has 1 aliphatic rings. The van der Waals surface area contributed by atoms with Gasteiger partial charge in [0.25, 0.3) is 5.56 Å². The van der Waals surface area contributed by atoms with Gasteiger partial charge >= 0.3 is 0 Å². The Morgan fingerprint density at radius 2 is 2.12 bits per heavy atom. The average Bonchev–Trinajstić information content (AvgIpc) is 3.40. The maximum Gasteiger partial charge on any atom is 0.264 e. The molecule has 0 bridgehead atoms. The summed E-state index contributed by atoms with van der Waals surface area (Å²) >= 11 is 7.91. The van der Waals surface area contributed by atoms with E-state index in [0.717, 1.165) is 28.8 Å². The predicted octanol–water partition coefficient (Wildman–Crippen LogP) is 4.50. The summed E-state index contributed by atoms with van der Waals surface area (Å²) in [5.74, 6) is 0.759. The molecule has 1 saturated carbocycles. The number of aromatic nitrogens is 3. The zero-order chi connectivity index (χ0) is 22.2. The molecule has 1 amide bonds. The summed E-state index contributed by atoms with van der Waals surface area (Å²) in [7, 11) is 0. The number of thioether (sulfide) groups is 1. The Morgan fingerprint density at radius 3 is 2.94 bits per heavy atom. The minimum Gasteiger partial charge on any atom is -0.360 e. The summed E-state index contributed by atoms with van der Waals surface area (Å²) in [6.45, 7) is 1.74. The molecular formula is C23H21ClN4O3S. The van der Waals surface area contributed by atoms with Crippen LogP contribution in [-0.2, 0) is 4.79 Å². The average molecular weight is 469 g/mol. The van der Waals surface area contributed by atoms with E-state index in [2.05, 4.69) is 15.5 Å². The number of aryl methyl sites for hydroxylation is 1. The summed E-state index contributed by atoms with van der Waals surface area (Å²) < 4.78 is 7.14. The van der Waals surface area contributed by atoms with Crippen molar-refractivity contribution in [3.05, 3.63) is 63.7 Å². The van der Waals surface area contributed by atoms with Crippen molar-refractivity contribution in [3.8, 4) is 0 Å². The van der Waals surface area contributed by atoms with Crippen molar-refractivity contribution in [2.24, 2.45) is 0 Å². The molecule has 1 fully saturated rings. The number of amides is 1. The SMILES string of the molecule is Cc1onc2c1c(=O)n(C1CCC(NC(=O)CSc3ccccn3)C1)c1cccc(Cl)c21. The first kappa shape index (κ1) is 21.0. The molecule has 5 rings (SSSR count). The van der Waals surface area contributed by atoms with Gasteiger partial charge in [0.1, 0.15) is 16.7 Å². The van der Waals surface area contributed by atoms with Crippen molar-refractivity contribution in [2.45, 2.75) is 43.3 Å². The second kappa shape index (κ2) is 8.60. The highest BCUT2D eigenvalue weighted by molar-refractivity contribution is 7.99. The van der Waals surface area contributed by atoms with E-state index in [1.807, 2.05) is 34.9 Å². The Kier molecular flexibility index (Phi) is 5.65. The van der Waals surface area contributed by atoms with E-state index in [4.69, 9.17) is 16.1 Å². The van der Waals surface area contributed by atoms with Gasteiger partial charge in [-0.15, -0.1) is 0 Å². The Hall–Kier alpha value is -2.84. The highest BCUT2D eigenvalue weighted by atomic mass is 35.5. The molecule has 1 N–H and O–H groups in total. The topological polar surface area (TPSA) is 90.0 Å². The van der Waals surface area contributed by atoms with Crippen LogP contribution in [0.1, 0.15) is 31.1 Å². The first-order chi connectivity index (χ1) is 15.5. The molecular weight excluding hydrogens is 448 g/mol. The molecule has 164 valence electrons. The van der Waals surface area contributed by atoms with Crippen LogP contribution in [0.4, 0.5) is 0 Å². The lowest BCUT2D eigenvalue weighted by atomic mass is 10.1. The lowest BCUT2D eigenvalue weighted by molar-refractivity contribution is -0.119. The number of halogens is 1. The molecule has 7 nitrogen and oxygen atoms in total. The minimum absolute atomic E-state index is 0.0113. The fourth-order valence-corrected chi connectivity index (χ4v) is 5.43. The molecule has 3 aromatic heterocycles. The summed E-state index contributed by atoms with van der Waals surface area (Å²) in [4.78, 5) is 30.1. The van der Waals surface area contributed by atoms with Gasteiger partial charge < -0.3 is 14.4 Å². The number of hydrogen-bond acceptors (Lipinski definition) is 6. The van der Waals surface area contributed by atoms with Crippen LogP contribution in [0.15, 0.2) is 56.9 Å². The monoisotopic (exact) mass is 468 g/mol. The first-order valence-corrected chi connectivity index (χ1v) is 11.8. The smallest absolute Gasteiger partial charge is 0.264 e. The number of nitrogens with zero attached hydrogens (tertiary/aromatic N) is 3. The van der Waals surface area contributed by atoms with Crippen LogP contribution in [0, 0.1) is 6.92 Å². The highest BCUT2D eigenvalue weighted by Gasteiger charge is 2.30. The Morgan fingerprint density at radius 1 is 1.25 bits per heavy atom. The quantitative estimate of drug-likeness (QED) is 0.434. The van der Waals surface area contributed by atoms with Crippen LogP contribution in [0.3, 0.4) is 0 Å². The minimum atomic E-state index is -0.129. The van der Waals surface area contributed by atoms with Gasteiger partial charge in [0.15, 0.2) is 0 Å². The van der Waals surface area contributed by atoms with Crippen LogP contribution in [0.5, 0.6) is 0 Å². The van der Waals surface area contributed by atoms with Gasteiger partial charge in [-0.05, 0) is 50.5 Å². The van der Waals surface area contributed by atoms with Crippen LogP contribution < -0.4 is 10.9 Å². The number of carbonyl (C=O) groups excluding carboxylic acids is 1. The fraction of sp³-hybridized carbons (Fsp3) is 0.304. The summed E-state index contributed by atoms with van der Waals surface area (Å²) in [5.41, 5.74) is 1.11. The number of pyridine rings is 2. The fourth-order valence-electron chi connectivity index (χ4n) is 4.50. The third-order valence-corrected chi connectivity index (χ3v) is 7.17. The van der Waals surface area contributed by atoms with E-state index in [1.165, 1.54) is 11.8 Å². The van der Waals surface area contributed by atoms with Gasteiger partial charge in [-0.25, -0.2) is 4.98 Å². The van der Waals surface area contributed by atoms with E-state index in [9.17, 15) is 9.59 Å². The number of benzene rings is 1. The second-order valence-corrected chi connectivity index (χ2v) is 9.36. The zero-order valence-corrected chi connectivity index (χ0v) is 18.9. The molecule has 1 aromatic carbocycles. The zero-order valence-electron chi connectivity index (χ0n) is 17.4. The third kappa shape index (κ3) is 3.78. The van der Waals surface area contributed by atoms with E-state index in [0.29, 0.717) is 33.9 Å². The maximum atomic E-state index is 13.4. The van der Waals surface area contributed by atoms with Gasteiger partial charge in [0, 0.05) is 23.7 Å². The highest BCUT2D eigenvalue weighted by Crippen LogP contribution is 2.36. The van der Waals surface area contributed by atoms with Crippen molar-refractivity contribution in [2.75, 3.05) is 5.75 Å². The van der Waals surface area contributed by atoms with Crippen molar-refractivity contribution < 1.29 is 9.32 Å². The molecule has 0 aliphatic heterocycles. The number of nitrogens with one attached hydrogen (secondary N) is 1. The van der Waals surface area contributed by atoms with Gasteiger partial charge in [0.2, 0.25) is 5.91 Å². The van der Waals surface area contributed by atoms with E-state index in [1.54, 1.807) is 19.2 Å². The molecule has 32 heavy (non-hydrogen) atoms. The molecule has 3 heterocycles. The van der Waals surface area contributed by atoms with Gasteiger partial charge in [-0.3, -0.25) is 9.59 Å². The molecule has 2 unspecified atom stereocenters. The van der Waals surface area contributed by atoms with Crippen molar-refractivity contribution >= 4 is 51.1 Å². The number of rotatable bonds is 5. The second-order valence-electron chi connectivity index (χ2n) is 7.96. The predicted molar refractivity (Wildman–Crippen MR) is 125 cm³/mol. The Balaban J connectivity index is 1.39. The number of carbonyl (C=O) groups is 1. The van der Waals surface area contributed by atoms with Gasteiger partial charge in [0.05, 0.1) is 21.3 Å². The lowest BCUT2D eigenvalue weighted by Gasteiger charge is -2.19. The molecule has 2 atom stereocenters. The lowest BCUT2D eigenvalue weighted by Crippen LogP contribution is -2.35. The third-order valence-electron chi connectivity index (χ3n) is 5.91. The molecule has 1 aliphatic carbocycles. The molecule has 0 spiro atoms. The van der Waals surface area contributed by atoms with E-state index < -0.39 is 0 Å². The molecule has 4 aromatic rings. The van der Waals surface area contributed by atoms with E-state index in [-0.39, 0.29) is 23.6 Å². The van der Waals surface area contributed by atoms with Gasteiger partial charge in [-0.2, -0.15) is 0 Å². The number of fused-ring (bicyclic) bond motifs is 3. The summed E-state index contributed by atoms with van der Waals surface area (Å²) in [5, 5.41) is 9.74. The molecule has 9 heteroatoms. The van der Waals surface area contributed by atoms with Crippen LogP contribution in [-0.4, -0.2) is 32.4 Å². The van der Waals surface area contributed by atoms with Crippen LogP contribution in [0.2, 0.25) is 5.02 Å². The van der Waals surface area contributed by atoms with Crippen LogP contribution >= 0.6 is 23.4 Å². The summed E-state index contributed by atoms with van der Waals surface area (Å²) in [6, 6.07) is 11.1. The Labute approximate surface area is 193 Å². The molecule has 0 radical (unpaired) electrons. The number of hydrogen-bond donors (Lipinski definition) is 1. The van der Waals surface area contributed by atoms with Crippen molar-refractivity contribution in [1.82, 2.24) is 20.0 Å². The van der Waals surface area contributed by atoms with Crippen molar-refractivity contribution in [3.63, 3.8) is 0 Å². The van der Waals surface area contributed by atoms with Crippen molar-refractivity contribution in [1.29, 1.82) is 0 Å². The first-order valence-electron chi connectivity index (χ1n) is 10.4.